The number of hydrogen-bond donors (Lipinski definition) is 0. The van der Waals surface area contributed by atoms with Crippen molar-refractivity contribution in [1.29, 1.82) is 0 Å². The largest absolute Gasteiger partial charge is 0.372 e. The predicted octanol–water partition coefficient (Wildman–Crippen LogP) is 10.0. The summed E-state index contributed by atoms with van der Waals surface area (Å²) in [5, 5.41) is 0. The van der Waals surface area contributed by atoms with Crippen molar-refractivity contribution in [2.75, 3.05) is 49.1 Å². The molecular weight excluding hydrogens is 536 g/mol. The average Bonchev–Trinajstić information content (AvgIpc) is 3.05. The number of nitrogens with zero attached hydrogens (tertiary/aromatic N) is 4. The van der Waals surface area contributed by atoms with Crippen molar-refractivity contribution in [3.8, 4) is 0 Å². The molecule has 0 saturated carbocycles. The van der Waals surface area contributed by atoms with Gasteiger partial charge in [-0.25, -0.2) is 0 Å². The molecule has 2 aromatic carbocycles. The maximum atomic E-state index is 4.59. The average molecular weight is 591 g/mol. The molecule has 0 aromatic heterocycles. The molecule has 0 fully saturated rings. The van der Waals surface area contributed by atoms with Crippen molar-refractivity contribution >= 4 is 36.0 Å². The first-order chi connectivity index (χ1) is 21.6. The molecule has 0 heterocycles. The fraction of sp³-hybridized carbons (Fsp3) is 0.350. The molecule has 0 saturated heterocycles. The predicted molar refractivity (Wildman–Crippen MR) is 200 cm³/mol. The third-order valence-corrected chi connectivity index (χ3v) is 7.27. The fourth-order valence-corrected chi connectivity index (χ4v) is 4.71. The summed E-state index contributed by atoms with van der Waals surface area (Å²) in [7, 11) is 0. The van der Waals surface area contributed by atoms with Crippen LogP contribution in [0.4, 0.5) is 11.4 Å². The number of unbranched alkanes of at least 4 members (excludes halogenated alkanes) is 1. The smallest absolute Gasteiger partial charge is 0.0389 e. The Kier molecular flexibility index (Phi) is 18.3. The maximum absolute atomic E-state index is 4.59. The normalized spacial score (nSPS) is 13.2. The fourth-order valence-electron chi connectivity index (χ4n) is 4.71. The Bertz CT molecular complexity index is 1190. The van der Waals surface area contributed by atoms with Gasteiger partial charge >= 0.3 is 0 Å². The highest BCUT2D eigenvalue weighted by Gasteiger charge is 2.01. The summed E-state index contributed by atoms with van der Waals surface area (Å²) in [4.78, 5) is 13.9. The molecule has 2 aromatic rings. The van der Waals surface area contributed by atoms with Crippen molar-refractivity contribution in [1.82, 2.24) is 0 Å². The lowest BCUT2D eigenvalue weighted by molar-refractivity contribution is 0.760. The van der Waals surface area contributed by atoms with Gasteiger partial charge in [0.1, 0.15) is 0 Å². The first-order valence-electron chi connectivity index (χ1n) is 16.3. The summed E-state index contributed by atoms with van der Waals surface area (Å²) in [5.74, 6) is 0. The summed E-state index contributed by atoms with van der Waals surface area (Å²) in [6.07, 6.45) is 26.9. The van der Waals surface area contributed by atoms with Gasteiger partial charge in [-0.05, 0) is 113 Å². The Morgan fingerprint density at radius 3 is 1.23 bits per heavy atom. The van der Waals surface area contributed by atoms with E-state index in [4.69, 9.17) is 0 Å². The monoisotopic (exact) mass is 590 g/mol. The summed E-state index contributed by atoms with van der Waals surface area (Å²) in [5.41, 5.74) is 7.18. The van der Waals surface area contributed by atoms with E-state index in [1.165, 1.54) is 22.5 Å². The quantitative estimate of drug-likeness (QED) is 0.0926. The Balaban J connectivity index is 1.80. The molecule has 0 amide bonds. The molecule has 2 rings (SSSR count). The van der Waals surface area contributed by atoms with Crippen LogP contribution in [0.15, 0.2) is 118 Å². The van der Waals surface area contributed by atoms with Gasteiger partial charge < -0.3 is 9.80 Å². The van der Waals surface area contributed by atoms with Gasteiger partial charge in [0.25, 0.3) is 0 Å². The second kappa shape index (κ2) is 22.4. The Morgan fingerprint density at radius 1 is 0.545 bits per heavy atom. The number of benzene rings is 2. The molecule has 44 heavy (non-hydrogen) atoms. The van der Waals surface area contributed by atoms with Crippen molar-refractivity contribution < 1.29 is 0 Å². The zero-order valence-electron chi connectivity index (χ0n) is 28.0. The van der Waals surface area contributed by atoms with Crippen molar-refractivity contribution in [3.63, 3.8) is 0 Å². The molecule has 0 spiro atoms. The van der Waals surface area contributed by atoms with E-state index in [0.717, 1.165) is 63.3 Å². The highest BCUT2D eigenvalue weighted by Crippen LogP contribution is 2.17. The van der Waals surface area contributed by atoms with Gasteiger partial charge in [0, 0.05) is 63.1 Å². The summed E-state index contributed by atoms with van der Waals surface area (Å²) < 4.78 is 0. The van der Waals surface area contributed by atoms with Crippen molar-refractivity contribution in [2.24, 2.45) is 9.98 Å². The van der Waals surface area contributed by atoms with E-state index in [0.29, 0.717) is 0 Å². The van der Waals surface area contributed by atoms with Crippen LogP contribution in [0.2, 0.25) is 0 Å². The molecule has 0 atom stereocenters. The Morgan fingerprint density at radius 2 is 0.909 bits per heavy atom. The van der Waals surface area contributed by atoms with Crippen LogP contribution in [0.1, 0.15) is 65.5 Å². The lowest BCUT2D eigenvalue weighted by Gasteiger charge is -2.20. The maximum Gasteiger partial charge on any atom is 0.0389 e. The molecule has 4 heteroatoms. The van der Waals surface area contributed by atoms with Crippen LogP contribution in [-0.4, -0.2) is 51.7 Å². The third kappa shape index (κ3) is 13.9. The van der Waals surface area contributed by atoms with Crippen LogP contribution >= 0.6 is 0 Å². The Hall–Kier alpha value is -4.18. The Labute approximate surface area is 268 Å². The van der Waals surface area contributed by atoms with E-state index in [9.17, 15) is 0 Å². The van der Waals surface area contributed by atoms with Gasteiger partial charge in [-0.2, -0.15) is 0 Å². The van der Waals surface area contributed by atoms with Crippen LogP contribution in [-0.2, 0) is 0 Å². The van der Waals surface area contributed by atoms with Crippen LogP contribution in [0.3, 0.4) is 0 Å². The van der Waals surface area contributed by atoms with Gasteiger partial charge in [0.2, 0.25) is 0 Å². The zero-order valence-corrected chi connectivity index (χ0v) is 28.0. The molecule has 0 radical (unpaired) electrons. The van der Waals surface area contributed by atoms with Gasteiger partial charge in [-0.1, -0.05) is 72.9 Å². The van der Waals surface area contributed by atoms with Crippen molar-refractivity contribution in [3.05, 3.63) is 119 Å². The molecule has 0 bridgehead atoms. The second-order valence-electron chi connectivity index (χ2n) is 10.3. The number of rotatable bonds is 19. The number of anilines is 2. The van der Waals surface area contributed by atoms with Crippen LogP contribution < -0.4 is 9.80 Å². The van der Waals surface area contributed by atoms with E-state index in [-0.39, 0.29) is 0 Å². The topological polar surface area (TPSA) is 31.2 Å². The minimum atomic E-state index is 0.807. The SMILES string of the molecule is C\C=C/C(/C=C/c1ccc(N(CC)CC)cc1)=C\C=NCCCCN=C/C=C(\C=C/C)/C=C/c1ccc(N(CC)CC)cc1. The molecule has 4 nitrogen and oxygen atoms in total. The standard InChI is InChI=1S/C40H54N4/c1-7-15-35(17-19-37-21-25-39(26-22-37)43(9-3)10-4)29-33-41-31-13-14-32-42-34-30-36(16-8-2)18-20-38-23-27-40(28-24-38)44(11-5)12-6/h7-8,15-30,33-34H,9-14,31-32H2,1-6H3/b15-7-,16-8-,19-17+,20-18+,35-29+,36-30+,41-33?,42-34?. The van der Waals surface area contributed by atoms with E-state index >= 15 is 0 Å². The van der Waals surface area contributed by atoms with Crippen LogP contribution in [0.5, 0.6) is 0 Å². The molecule has 0 aliphatic carbocycles. The van der Waals surface area contributed by atoms with Crippen LogP contribution in [0, 0.1) is 0 Å². The molecular formula is C40H54N4. The number of aliphatic imine (C=N–C) groups is 2. The zero-order chi connectivity index (χ0) is 31.8. The van der Waals surface area contributed by atoms with E-state index in [2.05, 4.69) is 157 Å². The van der Waals surface area contributed by atoms with Gasteiger partial charge in [-0.15, -0.1) is 0 Å². The first-order valence-corrected chi connectivity index (χ1v) is 16.3. The second-order valence-corrected chi connectivity index (χ2v) is 10.3. The number of allylic oxidation sites excluding steroid dienone is 10. The van der Waals surface area contributed by atoms with Gasteiger partial charge in [0.15, 0.2) is 0 Å². The molecule has 234 valence electrons. The minimum absolute atomic E-state index is 0.807. The molecule has 0 aliphatic rings. The lowest BCUT2D eigenvalue weighted by Crippen LogP contribution is -2.21. The van der Waals surface area contributed by atoms with E-state index in [1.807, 2.05) is 26.3 Å². The highest BCUT2D eigenvalue weighted by molar-refractivity contribution is 5.76. The summed E-state index contributed by atoms with van der Waals surface area (Å²) in [6, 6.07) is 17.5. The van der Waals surface area contributed by atoms with Crippen LogP contribution in [0.25, 0.3) is 12.2 Å². The van der Waals surface area contributed by atoms with Crippen molar-refractivity contribution in [2.45, 2.75) is 54.4 Å². The summed E-state index contributed by atoms with van der Waals surface area (Å²) >= 11 is 0. The van der Waals surface area contributed by atoms with Gasteiger partial charge in [0.05, 0.1) is 0 Å². The third-order valence-electron chi connectivity index (χ3n) is 7.27. The summed E-state index contributed by atoms with van der Waals surface area (Å²) in [6.45, 7) is 18.5. The van der Waals surface area contributed by atoms with E-state index in [1.54, 1.807) is 0 Å². The molecule has 0 N–H and O–H groups in total. The first kappa shape index (κ1) is 36.0. The lowest BCUT2D eigenvalue weighted by atomic mass is 10.1. The van der Waals surface area contributed by atoms with E-state index < -0.39 is 0 Å². The molecule has 0 unspecified atom stereocenters. The number of hydrogen-bond acceptors (Lipinski definition) is 4. The highest BCUT2D eigenvalue weighted by atomic mass is 15.1. The minimum Gasteiger partial charge on any atom is -0.372 e. The molecule has 0 aliphatic heterocycles. The van der Waals surface area contributed by atoms with Gasteiger partial charge in [-0.3, -0.25) is 9.98 Å².